The average Bonchev–Trinajstić information content (AvgIpc) is 4.01. The molecule has 0 saturated heterocycles. The maximum Gasteiger partial charge on any atom is 0.202 e. The van der Waals surface area contributed by atoms with Crippen LogP contribution in [0.4, 0.5) is 0 Å². The first-order valence-electron chi connectivity index (χ1n) is 22.0. The van der Waals surface area contributed by atoms with Crippen LogP contribution in [-0.4, -0.2) is 26.8 Å². The first-order chi connectivity index (χ1) is 31.8. The molecule has 4 nitrogen and oxygen atoms in total. The van der Waals surface area contributed by atoms with Crippen molar-refractivity contribution in [3.05, 3.63) is 243 Å². The highest BCUT2D eigenvalue weighted by atomic mass is 28.3. The van der Waals surface area contributed by atoms with Crippen molar-refractivity contribution >= 4 is 94.4 Å². The summed E-state index contributed by atoms with van der Waals surface area (Å²) in [6.45, 7) is 0. The van der Waals surface area contributed by atoms with E-state index in [1.54, 1.807) is 0 Å². The van der Waals surface area contributed by atoms with E-state index in [2.05, 4.69) is 256 Å². The summed E-state index contributed by atoms with van der Waals surface area (Å²) in [5.41, 5.74) is 9.31. The Labute approximate surface area is 371 Å². The Balaban J connectivity index is 1.05. The summed E-state index contributed by atoms with van der Waals surface area (Å²) in [6, 6.07) is 88.9. The van der Waals surface area contributed by atoms with Gasteiger partial charge in [-0.05, 0) is 88.4 Å². The topological polar surface area (TPSA) is 27.7 Å². The second-order valence-corrected chi connectivity index (χ2v) is 20.5. The first-order valence-corrected chi connectivity index (χ1v) is 24.0. The lowest BCUT2D eigenvalue weighted by Gasteiger charge is -2.34. The van der Waals surface area contributed by atoms with E-state index in [-0.39, 0.29) is 0 Å². The van der Waals surface area contributed by atoms with Crippen molar-refractivity contribution in [2.45, 2.75) is 0 Å². The lowest BCUT2D eigenvalue weighted by Crippen LogP contribution is -2.75. The summed E-state index contributed by atoms with van der Waals surface area (Å²) in [4.78, 5) is 5.88. The molecule has 9 aromatic carbocycles. The Morgan fingerprint density at radius 2 is 0.656 bits per heavy atom. The van der Waals surface area contributed by atoms with Crippen LogP contribution >= 0.6 is 0 Å². The second-order valence-electron chi connectivity index (χ2n) is 16.7. The molecule has 4 heterocycles. The van der Waals surface area contributed by atoms with Gasteiger partial charge in [-0.1, -0.05) is 170 Å². The van der Waals surface area contributed by atoms with Crippen LogP contribution < -0.4 is 20.9 Å². The number of hydrogen-bond acceptors (Lipinski definition) is 1. The van der Waals surface area contributed by atoms with Gasteiger partial charge in [0, 0.05) is 49.0 Å². The van der Waals surface area contributed by atoms with Crippen LogP contribution in [0.5, 0.6) is 0 Å². The summed E-state index contributed by atoms with van der Waals surface area (Å²) < 4.78 is 7.20. The fraction of sp³-hybridized carbons (Fsp3) is 0. The Morgan fingerprint density at radius 1 is 0.266 bits per heavy atom. The fourth-order valence-electron chi connectivity index (χ4n) is 10.7. The maximum absolute atomic E-state index is 5.88. The van der Waals surface area contributed by atoms with E-state index in [0.717, 1.165) is 33.5 Å². The SMILES string of the molecule is c1ccc([Si](c2ccccc2)(c2cccc(-n3c4ccccc4c4ccccc43)c2)c2cccc(-n3c4ccccc4c4cc(-n5c6ccccc6c6ccccc65)ccc43)n2)cc1. The fourth-order valence-corrected chi connectivity index (χ4v) is 15.3. The standard InChI is InChI=1S/C59H40N4Si/c1-3-20-43(21-4-1)64(44-22-5-2-6-23-44,45-24-17-19-41(39-45)61-52-30-12-7-25-46(52)47-26-8-13-31-53(47)61)59-36-18-35-58(60-59)63-56-34-16-11-29-50(56)51-40-42(37-38-57(51)63)62-54-32-14-9-27-48(54)49-28-10-15-33-55(49)62/h1-40H. The van der Waals surface area contributed by atoms with Crippen molar-refractivity contribution in [3.63, 3.8) is 0 Å². The summed E-state index contributed by atoms with van der Waals surface area (Å²) in [6.07, 6.45) is 0. The zero-order valence-electron chi connectivity index (χ0n) is 34.9. The molecule has 0 amide bonds. The predicted molar refractivity (Wildman–Crippen MR) is 271 cm³/mol. The van der Waals surface area contributed by atoms with Crippen LogP contribution in [0.25, 0.3) is 82.6 Å². The summed E-state index contributed by atoms with van der Waals surface area (Å²) in [7, 11) is -3.10. The molecule has 0 aliphatic rings. The van der Waals surface area contributed by atoms with E-state index in [9.17, 15) is 0 Å². The van der Waals surface area contributed by atoms with Crippen LogP contribution in [0.15, 0.2) is 243 Å². The zero-order valence-corrected chi connectivity index (χ0v) is 35.9. The minimum atomic E-state index is -3.10. The van der Waals surface area contributed by atoms with E-state index in [0.29, 0.717) is 0 Å². The molecule has 0 aliphatic carbocycles. The molecule has 5 heteroatoms. The van der Waals surface area contributed by atoms with Crippen LogP contribution in [0, 0.1) is 0 Å². The third kappa shape index (κ3) is 5.31. The van der Waals surface area contributed by atoms with Crippen molar-refractivity contribution in [1.29, 1.82) is 0 Å². The first kappa shape index (κ1) is 36.4. The summed E-state index contributed by atoms with van der Waals surface area (Å²) >= 11 is 0. The van der Waals surface area contributed by atoms with Crippen LogP contribution in [0.3, 0.4) is 0 Å². The highest BCUT2D eigenvalue weighted by Crippen LogP contribution is 2.37. The molecule has 64 heavy (non-hydrogen) atoms. The summed E-state index contributed by atoms with van der Waals surface area (Å²) in [5, 5.41) is 12.3. The normalized spacial score (nSPS) is 12.1. The molecule has 13 rings (SSSR count). The van der Waals surface area contributed by atoms with Crippen LogP contribution in [-0.2, 0) is 0 Å². The van der Waals surface area contributed by atoms with Gasteiger partial charge in [0.25, 0.3) is 0 Å². The maximum atomic E-state index is 5.88. The van der Waals surface area contributed by atoms with Gasteiger partial charge in [0.1, 0.15) is 5.82 Å². The highest BCUT2D eigenvalue weighted by molar-refractivity contribution is 7.19. The van der Waals surface area contributed by atoms with Crippen molar-refractivity contribution in [1.82, 2.24) is 18.7 Å². The smallest absolute Gasteiger partial charge is 0.202 e. The van der Waals surface area contributed by atoms with E-state index < -0.39 is 8.07 Å². The Hall–Kier alpha value is -8.25. The molecule has 0 saturated carbocycles. The van der Waals surface area contributed by atoms with Crippen LogP contribution in [0.2, 0.25) is 0 Å². The Morgan fingerprint density at radius 3 is 1.17 bits per heavy atom. The number of fused-ring (bicyclic) bond motifs is 9. The molecule has 0 N–H and O–H groups in total. The Bertz CT molecular complexity index is 3770. The monoisotopic (exact) mass is 832 g/mol. The molecular formula is C59H40N4Si. The van der Waals surface area contributed by atoms with Gasteiger partial charge in [-0.3, -0.25) is 4.57 Å². The van der Waals surface area contributed by atoms with Gasteiger partial charge in [-0.2, -0.15) is 0 Å². The highest BCUT2D eigenvalue weighted by Gasteiger charge is 2.43. The van der Waals surface area contributed by atoms with Crippen molar-refractivity contribution in [3.8, 4) is 17.2 Å². The van der Waals surface area contributed by atoms with E-state index in [1.807, 2.05) is 0 Å². The Kier molecular flexibility index (Phi) is 8.20. The lowest BCUT2D eigenvalue weighted by molar-refractivity contribution is 1.09. The molecule has 300 valence electrons. The number of benzene rings is 9. The van der Waals surface area contributed by atoms with Crippen molar-refractivity contribution in [2.24, 2.45) is 0 Å². The number of pyridine rings is 1. The van der Waals surface area contributed by atoms with Gasteiger partial charge in [0.2, 0.25) is 8.07 Å². The van der Waals surface area contributed by atoms with Crippen molar-refractivity contribution < 1.29 is 0 Å². The van der Waals surface area contributed by atoms with E-state index >= 15 is 0 Å². The zero-order chi connectivity index (χ0) is 42.2. The minimum Gasteiger partial charge on any atom is -0.309 e. The molecule has 0 atom stereocenters. The molecule has 0 unspecified atom stereocenters. The number of para-hydroxylation sites is 5. The third-order valence-corrected chi connectivity index (χ3v) is 18.0. The number of nitrogens with zero attached hydrogens (tertiary/aromatic N) is 4. The molecule has 0 radical (unpaired) electrons. The van der Waals surface area contributed by atoms with Gasteiger partial charge in [0.05, 0.1) is 33.1 Å². The van der Waals surface area contributed by atoms with Gasteiger partial charge >= 0.3 is 0 Å². The molecule has 13 aromatic rings. The van der Waals surface area contributed by atoms with Gasteiger partial charge in [0.15, 0.2) is 0 Å². The van der Waals surface area contributed by atoms with E-state index in [1.165, 1.54) is 69.9 Å². The average molecular weight is 833 g/mol. The molecule has 0 aliphatic heterocycles. The summed E-state index contributed by atoms with van der Waals surface area (Å²) in [5.74, 6) is 0.899. The molecule has 4 aromatic heterocycles. The van der Waals surface area contributed by atoms with Gasteiger partial charge in [-0.15, -0.1) is 0 Å². The number of hydrogen-bond donors (Lipinski definition) is 0. The minimum absolute atomic E-state index is 0.899. The third-order valence-electron chi connectivity index (χ3n) is 13.4. The molecule has 0 spiro atoms. The lowest BCUT2D eigenvalue weighted by atomic mass is 10.1. The number of aromatic nitrogens is 4. The molecule has 0 fully saturated rings. The quantitative estimate of drug-likeness (QED) is 0.116. The van der Waals surface area contributed by atoms with Gasteiger partial charge < -0.3 is 9.13 Å². The molecule has 0 bridgehead atoms. The van der Waals surface area contributed by atoms with Gasteiger partial charge in [-0.25, -0.2) is 4.98 Å². The number of rotatable bonds is 7. The predicted octanol–water partition coefficient (Wildman–Crippen LogP) is 11.8. The van der Waals surface area contributed by atoms with E-state index in [4.69, 9.17) is 4.98 Å². The van der Waals surface area contributed by atoms with Crippen LogP contribution in [0.1, 0.15) is 0 Å². The largest absolute Gasteiger partial charge is 0.309 e. The van der Waals surface area contributed by atoms with Crippen molar-refractivity contribution in [2.75, 3.05) is 0 Å². The molecular weight excluding hydrogens is 793 g/mol. The second kappa shape index (κ2) is 14.4.